The molecular weight excluding hydrogens is 435 g/mol. The summed E-state index contributed by atoms with van der Waals surface area (Å²) < 4.78 is 0. The fourth-order valence-corrected chi connectivity index (χ4v) is 3.75. The van der Waals surface area contributed by atoms with Crippen LogP contribution >= 0.6 is 23.2 Å². The summed E-state index contributed by atoms with van der Waals surface area (Å²) >= 11 is 11.3. The molecule has 0 radical (unpaired) electrons. The Labute approximate surface area is 199 Å². The third-order valence-corrected chi connectivity index (χ3v) is 5.15. The standard InChI is InChI=1S/C21H18N2.C7H6Cl2/c22-20(18-9-5-2-6-10-18)15-21(23)19-13-11-17(12-14-19)16-7-3-1-4-8-16;1-5-2-6(8)4-7(9)3-5/h1-15,22H,23H2;2-4H,1H3/b21-15-,22-20?;. The second kappa shape index (κ2) is 11.3. The molecule has 0 fully saturated rings. The molecule has 2 nitrogen and oxygen atoms in total. The highest BCUT2D eigenvalue weighted by molar-refractivity contribution is 6.34. The van der Waals surface area contributed by atoms with Crippen molar-refractivity contribution in [1.82, 2.24) is 0 Å². The Morgan fingerprint density at radius 1 is 0.688 bits per heavy atom. The van der Waals surface area contributed by atoms with E-state index in [0.717, 1.165) is 22.3 Å². The van der Waals surface area contributed by atoms with Crippen LogP contribution in [-0.4, -0.2) is 5.71 Å². The maximum atomic E-state index is 8.13. The van der Waals surface area contributed by atoms with Gasteiger partial charge in [0.15, 0.2) is 0 Å². The van der Waals surface area contributed by atoms with Crippen molar-refractivity contribution in [1.29, 1.82) is 5.41 Å². The predicted molar refractivity (Wildman–Crippen MR) is 139 cm³/mol. The van der Waals surface area contributed by atoms with Gasteiger partial charge in [-0.25, -0.2) is 0 Å². The number of hydrogen-bond donors (Lipinski definition) is 2. The Kier molecular flexibility index (Phi) is 8.27. The second-order valence-corrected chi connectivity index (χ2v) is 8.14. The summed E-state index contributed by atoms with van der Waals surface area (Å²) in [4.78, 5) is 0. The Balaban J connectivity index is 0.000000269. The quantitative estimate of drug-likeness (QED) is 0.298. The van der Waals surface area contributed by atoms with Crippen LogP contribution < -0.4 is 5.73 Å². The lowest BCUT2D eigenvalue weighted by molar-refractivity contribution is 1.47. The molecule has 4 aromatic rings. The van der Waals surface area contributed by atoms with Crippen molar-refractivity contribution in [3.05, 3.63) is 136 Å². The van der Waals surface area contributed by atoms with E-state index < -0.39 is 0 Å². The second-order valence-electron chi connectivity index (χ2n) is 7.27. The van der Waals surface area contributed by atoms with E-state index in [4.69, 9.17) is 34.3 Å². The first-order chi connectivity index (χ1) is 15.4. The fraction of sp³-hybridized carbons (Fsp3) is 0.0357. The minimum absolute atomic E-state index is 0.412. The molecule has 0 unspecified atom stereocenters. The molecule has 4 heteroatoms. The van der Waals surface area contributed by atoms with Crippen molar-refractivity contribution in [2.45, 2.75) is 6.92 Å². The molecule has 4 rings (SSSR count). The molecule has 0 amide bonds. The molecule has 160 valence electrons. The van der Waals surface area contributed by atoms with Gasteiger partial charge in [-0.05, 0) is 59.0 Å². The minimum Gasteiger partial charge on any atom is -0.398 e. The van der Waals surface area contributed by atoms with Gasteiger partial charge in [0.25, 0.3) is 0 Å². The summed E-state index contributed by atoms with van der Waals surface area (Å²) in [6.45, 7) is 1.96. The van der Waals surface area contributed by atoms with E-state index in [2.05, 4.69) is 24.3 Å². The molecule has 0 aliphatic rings. The average Bonchev–Trinajstić information content (AvgIpc) is 2.80. The topological polar surface area (TPSA) is 49.9 Å². The number of nitrogens with one attached hydrogen (secondary N) is 1. The van der Waals surface area contributed by atoms with Crippen LogP contribution in [0.2, 0.25) is 10.0 Å². The van der Waals surface area contributed by atoms with Crippen molar-refractivity contribution in [3.8, 4) is 11.1 Å². The van der Waals surface area contributed by atoms with Crippen molar-refractivity contribution in [3.63, 3.8) is 0 Å². The van der Waals surface area contributed by atoms with Gasteiger partial charge in [0.2, 0.25) is 0 Å². The van der Waals surface area contributed by atoms with Crippen LogP contribution in [-0.2, 0) is 0 Å². The molecule has 0 aliphatic carbocycles. The first-order valence-corrected chi connectivity index (χ1v) is 10.9. The number of hydrogen-bond acceptors (Lipinski definition) is 2. The Bertz CT molecular complexity index is 1150. The third kappa shape index (κ3) is 6.84. The fourth-order valence-electron chi connectivity index (χ4n) is 3.12. The van der Waals surface area contributed by atoms with Gasteiger partial charge in [-0.2, -0.15) is 0 Å². The van der Waals surface area contributed by atoms with Gasteiger partial charge in [-0.1, -0.05) is 108 Å². The Morgan fingerprint density at radius 2 is 1.19 bits per heavy atom. The van der Waals surface area contributed by atoms with Crippen molar-refractivity contribution >= 4 is 34.6 Å². The van der Waals surface area contributed by atoms with E-state index in [1.54, 1.807) is 12.1 Å². The molecule has 4 aromatic carbocycles. The van der Waals surface area contributed by atoms with E-state index in [0.29, 0.717) is 21.5 Å². The SMILES string of the molecule is Cc1cc(Cl)cc(Cl)c1.N=C(/C=C(\N)c1ccc(-c2ccccc2)cc1)c1ccccc1. The van der Waals surface area contributed by atoms with E-state index in [1.807, 2.05) is 79.7 Å². The number of aryl methyl sites for hydroxylation is 1. The van der Waals surface area contributed by atoms with Gasteiger partial charge in [0.1, 0.15) is 0 Å². The van der Waals surface area contributed by atoms with Crippen LogP contribution in [0.1, 0.15) is 16.7 Å². The van der Waals surface area contributed by atoms with Crippen LogP contribution in [0.5, 0.6) is 0 Å². The smallest absolute Gasteiger partial charge is 0.0632 e. The normalized spacial score (nSPS) is 10.8. The van der Waals surface area contributed by atoms with Crippen molar-refractivity contribution in [2.75, 3.05) is 0 Å². The molecule has 0 saturated heterocycles. The number of rotatable bonds is 4. The molecule has 0 aromatic heterocycles. The first kappa shape index (κ1) is 23.3. The number of benzene rings is 4. The van der Waals surface area contributed by atoms with Gasteiger partial charge >= 0.3 is 0 Å². The monoisotopic (exact) mass is 458 g/mol. The number of allylic oxidation sites excluding steroid dienone is 1. The van der Waals surface area contributed by atoms with Crippen LogP contribution in [0.15, 0.2) is 109 Å². The highest BCUT2D eigenvalue weighted by Gasteiger charge is 2.02. The Morgan fingerprint density at radius 3 is 1.72 bits per heavy atom. The lowest BCUT2D eigenvalue weighted by atomic mass is 10.0. The molecule has 32 heavy (non-hydrogen) atoms. The van der Waals surface area contributed by atoms with Gasteiger partial charge < -0.3 is 11.1 Å². The molecular formula is C28H24Cl2N2. The summed E-state index contributed by atoms with van der Waals surface area (Å²) in [5, 5.41) is 9.52. The summed E-state index contributed by atoms with van der Waals surface area (Å²) in [5.74, 6) is 0. The summed E-state index contributed by atoms with van der Waals surface area (Å²) in [6, 6.07) is 33.4. The predicted octanol–water partition coefficient (Wildman–Crippen LogP) is 8.02. The van der Waals surface area contributed by atoms with Crippen LogP contribution in [0, 0.1) is 12.3 Å². The summed E-state index contributed by atoms with van der Waals surface area (Å²) in [5.41, 5.74) is 12.4. The summed E-state index contributed by atoms with van der Waals surface area (Å²) in [7, 11) is 0. The lowest BCUT2D eigenvalue weighted by Crippen LogP contribution is -2.02. The molecule has 3 N–H and O–H groups in total. The molecule has 0 spiro atoms. The highest BCUT2D eigenvalue weighted by atomic mass is 35.5. The maximum Gasteiger partial charge on any atom is 0.0632 e. The summed E-state index contributed by atoms with van der Waals surface area (Å²) in [6.07, 6.45) is 1.70. The van der Waals surface area contributed by atoms with E-state index in [9.17, 15) is 0 Å². The molecule has 0 saturated carbocycles. The lowest BCUT2D eigenvalue weighted by Gasteiger charge is -2.06. The Hall–Kier alpha value is -3.33. The third-order valence-electron chi connectivity index (χ3n) is 4.72. The number of nitrogens with two attached hydrogens (primary N) is 1. The zero-order chi connectivity index (χ0) is 22.9. The van der Waals surface area contributed by atoms with Crippen LogP contribution in [0.3, 0.4) is 0 Å². The van der Waals surface area contributed by atoms with E-state index >= 15 is 0 Å². The number of halogens is 2. The highest BCUT2D eigenvalue weighted by Crippen LogP contribution is 2.21. The maximum absolute atomic E-state index is 8.13. The van der Waals surface area contributed by atoms with Gasteiger partial charge in [-0.15, -0.1) is 0 Å². The molecule has 0 bridgehead atoms. The van der Waals surface area contributed by atoms with Crippen molar-refractivity contribution < 1.29 is 0 Å². The van der Waals surface area contributed by atoms with Crippen LogP contribution in [0.25, 0.3) is 16.8 Å². The van der Waals surface area contributed by atoms with E-state index in [-0.39, 0.29) is 0 Å². The average molecular weight is 459 g/mol. The molecule has 0 atom stereocenters. The van der Waals surface area contributed by atoms with Gasteiger partial charge in [0.05, 0.1) is 5.71 Å². The minimum atomic E-state index is 0.412. The zero-order valence-corrected chi connectivity index (χ0v) is 19.2. The van der Waals surface area contributed by atoms with E-state index in [1.165, 1.54) is 5.56 Å². The van der Waals surface area contributed by atoms with Gasteiger partial charge in [-0.3, -0.25) is 0 Å². The largest absolute Gasteiger partial charge is 0.398 e. The van der Waals surface area contributed by atoms with Crippen molar-refractivity contribution in [2.24, 2.45) is 5.73 Å². The zero-order valence-electron chi connectivity index (χ0n) is 17.7. The molecule has 0 heterocycles. The van der Waals surface area contributed by atoms with Gasteiger partial charge in [0, 0.05) is 15.7 Å². The van der Waals surface area contributed by atoms with Crippen LogP contribution in [0.4, 0.5) is 0 Å². The first-order valence-electron chi connectivity index (χ1n) is 10.1. The molecule has 0 aliphatic heterocycles.